The lowest BCUT2D eigenvalue weighted by molar-refractivity contribution is -0.145. The number of hydrogen-bond donors (Lipinski definition) is 0. The van der Waals surface area contributed by atoms with E-state index in [9.17, 15) is 4.79 Å². The molecular formula is C16H23NO2. The van der Waals surface area contributed by atoms with Crippen LogP contribution in [0.3, 0.4) is 0 Å². The van der Waals surface area contributed by atoms with Crippen LogP contribution in [-0.4, -0.2) is 25.2 Å². The summed E-state index contributed by atoms with van der Waals surface area (Å²) in [6.07, 6.45) is 4.06. The number of carbonyl (C=O) groups excluding carboxylic acids is 1. The molecule has 0 bridgehead atoms. The molecule has 0 N–H and O–H groups in total. The second kappa shape index (κ2) is 6.60. The van der Waals surface area contributed by atoms with E-state index in [2.05, 4.69) is 30.0 Å². The number of fused-ring (bicyclic) bond motifs is 1. The van der Waals surface area contributed by atoms with Gasteiger partial charge in [0.1, 0.15) is 6.04 Å². The molecule has 0 radical (unpaired) electrons. The molecule has 0 saturated heterocycles. The summed E-state index contributed by atoms with van der Waals surface area (Å²) in [5, 5.41) is 0. The molecule has 1 aliphatic rings. The van der Waals surface area contributed by atoms with Crippen LogP contribution in [0.15, 0.2) is 24.3 Å². The number of carbonyl (C=O) groups is 1. The fourth-order valence-corrected chi connectivity index (χ4v) is 2.80. The molecule has 1 aromatic rings. The molecule has 0 spiro atoms. The van der Waals surface area contributed by atoms with Crippen LogP contribution in [0.1, 0.15) is 38.7 Å². The molecule has 1 unspecified atom stereocenters. The van der Waals surface area contributed by atoms with E-state index in [4.69, 9.17) is 4.74 Å². The summed E-state index contributed by atoms with van der Waals surface area (Å²) in [4.78, 5) is 14.4. The van der Waals surface area contributed by atoms with Gasteiger partial charge in [0.25, 0.3) is 0 Å². The molecule has 3 nitrogen and oxygen atoms in total. The number of anilines is 1. The fourth-order valence-electron chi connectivity index (χ4n) is 2.80. The van der Waals surface area contributed by atoms with Gasteiger partial charge >= 0.3 is 5.97 Å². The van der Waals surface area contributed by atoms with Gasteiger partial charge in [-0.3, -0.25) is 0 Å². The van der Waals surface area contributed by atoms with Gasteiger partial charge in [-0.2, -0.15) is 0 Å². The quantitative estimate of drug-likeness (QED) is 0.762. The largest absolute Gasteiger partial charge is 0.464 e. The van der Waals surface area contributed by atoms with Crippen LogP contribution >= 0.6 is 0 Å². The van der Waals surface area contributed by atoms with E-state index >= 15 is 0 Å². The van der Waals surface area contributed by atoms with E-state index in [0.717, 1.165) is 32.2 Å². The highest BCUT2D eigenvalue weighted by molar-refractivity contribution is 5.81. The molecule has 1 aliphatic heterocycles. The van der Waals surface area contributed by atoms with Crippen LogP contribution in [0.2, 0.25) is 0 Å². The van der Waals surface area contributed by atoms with Crippen molar-refractivity contribution in [1.29, 1.82) is 0 Å². The number of nitrogens with zero attached hydrogens (tertiary/aromatic N) is 1. The summed E-state index contributed by atoms with van der Waals surface area (Å²) in [5.74, 6) is -0.0824. The van der Waals surface area contributed by atoms with Crippen LogP contribution in [0.25, 0.3) is 0 Å². The SMILES string of the molecule is CCCC(C(=O)OCC)N1CCCc2ccccc21. The topological polar surface area (TPSA) is 29.5 Å². The first-order valence-electron chi connectivity index (χ1n) is 7.29. The summed E-state index contributed by atoms with van der Waals surface area (Å²) < 4.78 is 5.24. The predicted octanol–water partition coefficient (Wildman–Crippen LogP) is 3.17. The van der Waals surface area contributed by atoms with Crippen molar-refractivity contribution in [2.75, 3.05) is 18.1 Å². The van der Waals surface area contributed by atoms with Crippen LogP contribution in [0, 0.1) is 0 Å². The molecule has 0 amide bonds. The second-order valence-corrected chi connectivity index (χ2v) is 4.98. The van der Waals surface area contributed by atoms with Gasteiger partial charge in [0.05, 0.1) is 6.61 Å². The molecule has 104 valence electrons. The number of rotatable bonds is 5. The minimum Gasteiger partial charge on any atom is -0.464 e. The van der Waals surface area contributed by atoms with Crippen molar-refractivity contribution in [3.63, 3.8) is 0 Å². The maximum atomic E-state index is 12.2. The summed E-state index contributed by atoms with van der Waals surface area (Å²) >= 11 is 0. The monoisotopic (exact) mass is 261 g/mol. The Hall–Kier alpha value is -1.51. The molecule has 1 aromatic carbocycles. The number of esters is 1. The molecular weight excluding hydrogens is 238 g/mol. The first-order valence-corrected chi connectivity index (χ1v) is 7.29. The smallest absolute Gasteiger partial charge is 0.328 e. The van der Waals surface area contributed by atoms with E-state index in [0.29, 0.717) is 6.61 Å². The van der Waals surface area contributed by atoms with Crippen LogP contribution in [0.4, 0.5) is 5.69 Å². The third kappa shape index (κ3) is 3.09. The Morgan fingerprint density at radius 1 is 1.37 bits per heavy atom. The zero-order valence-electron chi connectivity index (χ0n) is 11.9. The molecule has 0 aliphatic carbocycles. The molecule has 1 atom stereocenters. The first kappa shape index (κ1) is 13.9. The van der Waals surface area contributed by atoms with E-state index in [1.807, 2.05) is 13.0 Å². The number of aryl methyl sites for hydroxylation is 1. The summed E-state index contributed by atoms with van der Waals surface area (Å²) in [7, 11) is 0. The average molecular weight is 261 g/mol. The Morgan fingerprint density at radius 3 is 2.89 bits per heavy atom. The van der Waals surface area contributed by atoms with Gasteiger partial charge in [-0.15, -0.1) is 0 Å². The van der Waals surface area contributed by atoms with Crippen molar-refractivity contribution in [2.45, 2.75) is 45.6 Å². The number of para-hydroxylation sites is 1. The number of ether oxygens (including phenoxy) is 1. The van der Waals surface area contributed by atoms with E-state index in [1.54, 1.807) is 0 Å². The third-order valence-corrected chi connectivity index (χ3v) is 3.64. The molecule has 0 fully saturated rings. The normalized spacial score (nSPS) is 15.8. The van der Waals surface area contributed by atoms with Gasteiger partial charge in [0, 0.05) is 12.2 Å². The van der Waals surface area contributed by atoms with Crippen LogP contribution in [-0.2, 0) is 16.0 Å². The minimum atomic E-state index is -0.133. The molecule has 0 saturated carbocycles. The first-order chi connectivity index (χ1) is 9.27. The number of benzene rings is 1. The van der Waals surface area contributed by atoms with Gasteiger partial charge in [0.2, 0.25) is 0 Å². The Bertz CT molecular complexity index is 431. The van der Waals surface area contributed by atoms with Crippen molar-refractivity contribution in [2.24, 2.45) is 0 Å². The van der Waals surface area contributed by atoms with Crippen molar-refractivity contribution in [1.82, 2.24) is 0 Å². The van der Waals surface area contributed by atoms with E-state index in [1.165, 1.54) is 11.3 Å². The lowest BCUT2D eigenvalue weighted by atomic mass is 9.98. The maximum absolute atomic E-state index is 12.2. The van der Waals surface area contributed by atoms with Crippen LogP contribution < -0.4 is 4.90 Å². The predicted molar refractivity (Wildman–Crippen MR) is 77.4 cm³/mol. The molecule has 19 heavy (non-hydrogen) atoms. The third-order valence-electron chi connectivity index (χ3n) is 3.64. The lowest BCUT2D eigenvalue weighted by Crippen LogP contribution is -2.45. The van der Waals surface area contributed by atoms with E-state index < -0.39 is 0 Å². The minimum absolute atomic E-state index is 0.0824. The second-order valence-electron chi connectivity index (χ2n) is 4.98. The Morgan fingerprint density at radius 2 is 2.16 bits per heavy atom. The van der Waals surface area contributed by atoms with Crippen molar-refractivity contribution in [3.8, 4) is 0 Å². The summed E-state index contributed by atoms with van der Waals surface area (Å²) in [5.41, 5.74) is 2.56. The van der Waals surface area contributed by atoms with Gasteiger partial charge in [-0.1, -0.05) is 31.5 Å². The van der Waals surface area contributed by atoms with Gasteiger partial charge in [0.15, 0.2) is 0 Å². The molecule has 3 heteroatoms. The maximum Gasteiger partial charge on any atom is 0.328 e. The van der Waals surface area contributed by atoms with Crippen molar-refractivity contribution >= 4 is 11.7 Å². The lowest BCUT2D eigenvalue weighted by Gasteiger charge is -2.36. The van der Waals surface area contributed by atoms with Crippen molar-refractivity contribution in [3.05, 3.63) is 29.8 Å². The highest BCUT2D eigenvalue weighted by Gasteiger charge is 2.29. The van der Waals surface area contributed by atoms with Gasteiger partial charge in [-0.25, -0.2) is 4.79 Å². The van der Waals surface area contributed by atoms with Crippen LogP contribution in [0.5, 0.6) is 0 Å². The summed E-state index contributed by atoms with van der Waals surface area (Å²) in [6, 6.07) is 8.27. The average Bonchev–Trinajstić information content (AvgIpc) is 2.44. The zero-order chi connectivity index (χ0) is 13.7. The molecule has 2 rings (SSSR count). The highest BCUT2D eigenvalue weighted by Crippen LogP contribution is 2.29. The molecule has 0 aromatic heterocycles. The zero-order valence-corrected chi connectivity index (χ0v) is 11.9. The van der Waals surface area contributed by atoms with Crippen molar-refractivity contribution < 1.29 is 9.53 Å². The fraction of sp³-hybridized carbons (Fsp3) is 0.562. The molecule has 1 heterocycles. The Kier molecular flexibility index (Phi) is 4.83. The summed E-state index contributed by atoms with van der Waals surface area (Å²) in [6.45, 7) is 5.38. The van der Waals surface area contributed by atoms with E-state index in [-0.39, 0.29) is 12.0 Å². The standard InChI is InChI=1S/C16H23NO2/c1-3-8-15(16(18)19-4-2)17-12-7-10-13-9-5-6-11-14(13)17/h5-6,9,11,15H,3-4,7-8,10,12H2,1-2H3. The van der Waals surface area contributed by atoms with Gasteiger partial charge < -0.3 is 9.64 Å². The Balaban J connectivity index is 2.25. The number of hydrogen-bond acceptors (Lipinski definition) is 3. The highest BCUT2D eigenvalue weighted by atomic mass is 16.5. The Labute approximate surface area is 115 Å². The van der Waals surface area contributed by atoms with Gasteiger partial charge in [-0.05, 0) is 37.8 Å².